The first-order chi connectivity index (χ1) is 12.5. The van der Waals surface area contributed by atoms with Crippen molar-refractivity contribution in [2.45, 2.75) is 5.66 Å². The maximum absolute atomic E-state index is 13.4. The van der Waals surface area contributed by atoms with Gasteiger partial charge in [0.2, 0.25) is 0 Å². The Kier molecular flexibility index (Phi) is 5.54. The van der Waals surface area contributed by atoms with Crippen LogP contribution in [0.5, 0.6) is 0 Å². The van der Waals surface area contributed by atoms with Gasteiger partial charge in [0, 0.05) is 19.7 Å². The van der Waals surface area contributed by atoms with Gasteiger partial charge in [0.25, 0.3) is 5.91 Å². The molecule has 3 heteroatoms. The van der Waals surface area contributed by atoms with E-state index in [1.807, 2.05) is 44.4 Å². The number of hydrogen-bond donors (Lipinski definition) is 0. The van der Waals surface area contributed by atoms with E-state index in [2.05, 4.69) is 67.3 Å². The number of likely N-dealkylation sites (N-methyl/N-ethyl adjacent to an activating group) is 1. The predicted octanol–water partition coefficient (Wildman–Crippen LogP) is 4.11. The minimum Gasteiger partial charge on any atom is -0.345 e. The first kappa shape index (κ1) is 18.4. The van der Waals surface area contributed by atoms with Crippen LogP contribution >= 0.6 is 7.26 Å². The summed E-state index contributed by atoms with van der Waals surface area (Å²) in [5.74, 6) is 0.153. The predicted molar refractivity (Wildman–Crippen MR) is 113 cm³/mol. The van der Waals surface area contributed by atoms with Crippen LogP contribution in [0.15, 0.2) is 91.0 Å². The van der Waals surface area contributed by atoms with Crippen LogP contribution in [0.3, 0.4) is 0 Å². The Bertz CT molecular complexity index is 808. The summed E-state index contributed by atoms with van der Waals surface area (Å²) in [4.78, 5) is 15.1. The lowest BCUT2D eigenvalue weighted by Crippen LogP contribution is -2.36. The van der Waals surface area contributed by atoms with Gasteiger partial charge in [-0.15, -0.1) is 0 Å². The molecule has 0 bridgehead atoms. The van der Waals surface area contributed by atoms with E-state index in [1.165, 1.54) is 10.6 Å². The Balaban J connectivity index is 2.28. The molecule has 3 aromatic carbocycles. The molecule has 132 valence electrons. The maximum Gasteiger partial charge on any atom is 0.268 e. The van der Waals surface area contributed by atoms with Gasteiger partial charge in [-0.3, -0.25) is 4.79 Å². The monoisotopic (exact) mass is 362 g/mol. The van der Waals surface area contributed by atoms with Crippen molar-refractivity contribution in [2.75, 3.05) is 20.8 Å². The molecule has 0 aliphatic rings. The van der Waals surface area contributed by atoms with Crippen molar-refractivity contribution in [1.82, 2.24) is 4.90 Å². The zero-order valence-corrected chi connectivity index (χ0v) is 16.4. The molecule has 0 saturated heterocycles. The Labute approximate surface area is 156 Å². The van der Waals surface area contributed by atoms with Gasteiger partial charge in [0.05, 0.1) is 13.9 Å². The molecule has 1 atom stereocenters. The van der Waals surface area contributed by atoms with Gasteiger partial charge in [-0.25, -0.2) is 0 Å². The first-order valence-corrected chi connectivity index (χ1v) is 11.1. The quantitative estimate of drug-likeness (QED) is 0.626. The second-order valence-corrected chi connectivity index (χ2v) is 10.5. The van der Waals surface area contributed by atoms with Crippen molar-refractivity contribution in [3.63, 3.8) is 0 Å². The summed E-state index contributed by atoms with van der Waals surface area (Å²) in [6.07, 6.45) is 0. The Hall–Kier alpha value is -2.44. The zero-order chi connectivity index (χ0) is 18.6. The van der Waals surface area contributed by atoms with Crippen molar-refractivity contribution in [3.05, 3.63) is 96.6 Å². The molecular weight excluding hydrogens is 337 g/mol. The van der Waals surface area contributed by atoms with Crippen LogP contribution in [0.25, 0.3) is 0 Å². The molecule has 0 fully saturated rings. The normalized spacial score (nSPS) is 12.4. The molecule has 2 nitrogen and oxygen atoms in total. The van der Waals surface area contributed by atoms with Crippen LogP contribution in [0.1, 0.15) is 11.2 Å². The third kappa shape index (κ3) is 3.43. The second kappa shape index (κ2) is 7.85. The van der Waals surface area contributed by atoms with Gasteiger partial charge in [0.15, 0.2) is 5.66 Å². The van der Waals surface area contributed by atoms with E-state index in [1.54, 1.807) is 4.90 Å². The summed E-state index contributed by atoms with van der Waals surface area (Å²) >= 11 is 0. The molecule has 3 rings (SSSR count). The maximum atomic E-state index is 13.4. The molecule has 3 aromatic rings. The second-order valence-electron chi connectivity index (χ2n) is 6.79. The summed E-state index contributed by atoms with van der Waals surface area (Å²) in [7, 11) is 1.68. The van der Waals surface area contributed by atoms with E-state index in [9.17, 15) is 4.79 Å². The molecule has 0 aliphatic heterocycles. The fourth-order valence-electron chi connectivity index (χ4n) is 3.46. The van der Waals surface area contributed by atoms with Crippen LogP contribution in [-0.2, 0) is 4.79 Å². The van der Waals surface area contributed by atoms with E-state index < -0.39 is 7.26 Å². The highest BCUT2D eigenvalue weighted by molar-refractivity contribution is 7.89. The van der Waals surface area contributed by atoms with E-state index >= 15 is 0 Å². The zero-order valence-electron chi connectivity index (χ0n) is 15.5. The van der Waals surface area contributed by atoms with Crippen molar-refractivity contribution in [3.8, 4) is 0 Å². The number of benzene rings is 3. The Morgan fingerprint density at radius 2 is 1.12 bits per heavy atom. The van der Waals surface area contributed by atoms with Crippen molar-refractivity contribution in [1.29, 1.82) is 0 Å². The van der Waals surface area contributed by atoms with Gasteiger partial charge >= 0.3 is 0 Å². The summed E-state index contributed by atoms with van der Waals surface area (Å²) in [5, 5.41) is 2.49. The van der Waals surface area contributed by atoms with Crippen molar-refractivity contribution < 1.29 is 4.79 Å². The fourth-order valence-corrected chi connectivity index (χ4v) is 7.38. The van der Waals surface area contributed by atoms with Crippen LogP contribution < -0.4 is 10.6 Å². The van der Waals surface area contributed by atoms with Gasteiger partial charge < -0.3 is 4.90 Å². The molecule has 1 amide bonds. The minimum absolute atomic E-state index is 0.153. The lowest BCUT2D eigenvalue weighted by atomic mass is 10.1. The highest BCUT2D eigenvalue weighted by Crippen LogP contribution is 2.65. The minimum atomic E-state index is -2.01. The number of nitrogens with zero attached hydrogens (tertiary/aromatic N) is 1. The molecule has 0 saturated carbocycles. The molecule has 0 radical (unpaired) electrons. The number of amides is 1. The van der Waals surface area contributed by atoms with Gasteiger partial charge in [-0.1, -0.05) is 66.7 Å². The average molecular weight is 362 g/mol. The number of carbonyl (C=O) groups excluding carboxylic acids is 1. The number of hydrogen-bond acceptors (Lipinski definition) is 1. The molecule has 0 spiro atoms. The molecule has 0 N–H and O–H groups in total. The largest absolute Gasteiger partial charge is 0.345 e. The summed E-state index contributed by atoms with van der Waals surface area (Å²) < 4.78 is 0. The Morgan fingerprint density at radius 1 is 0.731 bits per heavy atom. The molecule has 0 aliphatic carbocycles. The molecule has 0 unspecified atom stereocenters. The molecular formula is C23H25NOP+. The number of carbonyl (C=O) groups is 1. The third-order valence-electron chi connectivity index (χ3n) is 4.89. The standard InChI is InChI=1S/C23H25NOP/c1-24(2)23(25)22(19-13-7-4-8-14-19)26(3,20-15-9-5-10-16-20)21-17-11-6-12-18-21/h4-18,22H,1-3H3/q+1/t22-/m1/s1. The average Bonchev–Trinajstić information content (AvgIpc) is 2.70. The highest BCUT2D eigenvalue weighted by Gasteiger charge is 2.51. The molecule has 0 aromatic heterocycles. The van der Waals surface area contributed by atoms with E-state index in [0.717, 1.165) is 5.56 Å². The van der Waals surface area contributed by atoms with Crippen LogP contribution in [0.4, 0.5) is 0 Å². The lowest BCUT2D eigenvalue weighted by Gasteiger charge is -2.32. The SMILES string of the molecule is CN(C)C(=O)[C@@H](c1ccccc1)[P+](C)(c1ccccc1)c1ccccc1. The van der Waals surface area contributed by atoms with E-state index in [4.69, 9.17) is 0 Å². The molecule has 26 heavy (non-hydrogen) atoms. The summed E-state index contributed by atoms with van der Waals surface area (Å²) in [6.45, 7) is 2.29. The van der Waals surface area contributed by atoms with Crippen LogP contribution in [0, 0.1) is 0 Å². The lowest BCUT2D eigenvalue weighted by molar-refractivity contribution is -0.128. The summed E-state index contributed by atoms with van der Waals surface area (Å²) in [6, 6.07) is 31.2. The summed E-state index contributed by atoms with van der Waals surface area (Å²) in [5.41, 5.74) is 0.873. The van der Waals surface area contributed by atoms with E-state index in [-0.39, 0.29) is 11.6 Å². The van der Waals surface area contributed by atoms with Crippen molar-refractivity contribution >= 4 is 23.8 Å². The van der Waals surface area contributed by atoms with Crippen LogP contribution in [-0.4, -0.2) is 31.6 Å². The third-order valence-corrected chi connectivity index (χ3v) is 9.19. The highest BCUT2D eigenvalue weighted by atomic mass is 31.2. The van der Waals surface area contributed by atoms with Crippen molar-refractivity contribution in [2.24, 2.45) is 0 Å². The molecule has 0 heterocycles. The Morgan fingerprint density at radius 3 is 1.50 bits per heavy atom. The first-order valence-electron chi connectivity index (χ1n) is 8.78. The smallest absolute Gasteiger partial charge is 0.268 e. The van der Waals surface area contributed by atoms with Gasteiger partial charge in [0.1, 0.15) is 10.6 Å². The number of rotatable bonds is 5. The van der Waals surface area contributed by atoms with Crippen LogP contribution in [0.2, 0.25) is 0 Å². The topological polar surface area (TPSA) is 20.3 Å². The van der Waals surface area contributed by atoms with Gasteiger partial charge in [-0.2, -0.15) is 0 Å². The van der Waals surface area contributed by atoms with E-state index in [0.29, 0.717) is 0 Å². The fraction of sp³-hybridized carbons (Fsp3) is 0.174. The van der Waals surface area contributed by atoms with Gasteiger partial charge in [-0.05, 0) is 24.3 Å².